The van der Waals surface area contributed by atoms with Crippen LogP contribution in [0.3, 0.4) is 0 Å². The van der Waals surface area contributed by atoms with Crippen LogP contribution in [0.2, 0.25) is 0 Å². The van der Waals surface area contributed by atoms with E-state index in [9.17, 15) is 13.6 Å². The van der Waals surface area contributed by atoms with E-state index >= 15 is 0 Å². The molecular weight excluding hydrogens is 380 g/mol. The standard InChI is InChI=1S/C20H23F2N5O2/c1-3-16(26-29-2)13-7-8-27-17(11-23-19(27)10-13)14-5-4-6-15(9-14)25-20(28)24-12-18(21)22/h4-11,16,18,26H,3,12H2,1-2H3,(H2,24,25,28). The fourth-order valence-electron chi connectivity index (χ4n) is 3.06. The first-order valence-corrected chi connectivity index (χ1v) is 9.20. The summed E-state index contributed by atoms with van der Waals surface area (Å²) in [6.45, 7) is 1.37. The van der Waals surface area contributed by atoms with E-state index in [1.807, 2.05) is 28.8 Å². The van der Waals surface area contributed by atoms with Crippen molar-refractivity contribution >= 4 is 17.4 Å². The van der Waals surface area contributed by atoms with Crippen LogP contribution >= 0.6 is 0 Å². The van der Waals surface area contributed by atoms with Gasteiger partial charge in [0.2, 0.25) is 0 Å². The summed E-state index contributed by atoms with van der Waals surface area (Å²) in [7, 11) is 1.59. The van der Waals surface area contributed by atoms with E-state index in [1.54, 1.807) is 31.5 Å². The number of hydroxylamine groups is 1. The third-order valence-corrected chi connectivity index (χ3v) is 4.44. The highest BCUT2D eigenvalue weighted by molar-refractivity contribution is 5.90. The maximum atomic E-state index is 12.2. The number of pyridine rings is 1. The van der Waals surface area contributed by atoms with Crippen LogP contribution in [0.1, 0.15) is 24.9 Å². The van der Waals surface area contributed by atoms with Crippen LogP contribution < -0.4 is 16.1 Å². The predicted octanol–water partition coefficient (Wildman–Crippen LogP) is 3.99. The fourth-order valence-corrected chi connectivity index (χ4v) is 3.06. The van der Waals surface area contributed by atoms with Gasteiger partial charge >= 0.3 is 6.03 Å². The summed E-state index contributed by atoms with van der Waals surface area (Å²) in [4.78, 5) is 21.3. The fraction of sp³-hybridized carbons (Fsp3) is 0.300. The largest absolute Gasteiger partial charge is 0.332 e. The lowest BCUT2D eigenvalue weighted by atomic mass is 10.1. The number of halogens is 2. The number of amides is 2. The molecule has 7 nitrogen and oxygen atoms in total. The topological polar surface area (TPSA) is 79.7 Å². The van der Waals surface area contributed by atoms with E-state index in [4.69, 9.17) is 4.84 Å². The second kappa shape index (κ2) is 9.44. The number of nitrogens with one attached hydrogen (secondary N) is 3. The Hall–Kier alpha value is -3.04. The molecule has 29 heavy (non-hydrogen) atoms. The minimum atomic E-state index is -2.60. The zero-order valence-electron chi connectivity index (χ0n) is 16.2. The van der Waals surface area contributed by atoms with Crippen LogP contribution in [-0.2, 0) is 4.84 Å². The number of hydrogen-bond acceptors (Lipinski definition) is 4. The SMILES string of the molecule is CCC(NOC)c1ccn2c(-c3cccc(NC(=O)NCC(F)F)c3)cnc2c1. The van der Waals surface area contributed by atoms with Crippen molar-refractivity contribution in [2.75, 3.05) is 19.0 Å². The van der Waals surface area contributed by atoms with Gasteiger partial charge in [0.25, 0.3) is 6.43 Å². The van der Waals surface area contributed by atoms with E-state index in [-0.39, 0.29) is 6.04 Å². The average Bonchev–Trinajstić information content (AvgIpc) is 3.14. The van der Waals surface area contributed by atoms with Gasteiger partial charge in [-0.15, -0.1) is 0 Å². The Kier molecular flexibility index (Phi) is 6.73. The summed E-state index contributed by atoms with van der Waals surface area (Å²) in [6.07, 6.45) is 1.95. The molecule has 1 aromatic carbocycles. The molecule has 154 valence electrons. The highest BCUT2D eigenvalue weighted by Gasteiger charge is 2.13. The van der Waals surface area contributed by atoms with Gasteiger partial charge in [-0.2, -0.15) is 5.48 Å². The molecule has 3 aromatic rings. The molecule has 0 radical (unpaired) electrons. The third kappa shape index (κ3) is 5.07. The highest BCUT2D eigenvalue weighted by atomic mass is 19.3. The Morgan fingerprint density at radius 2 is 2.10 bits per heavy atom. The van der Waals surface area contributed by atoms with Crippen LogP contribution in [0.5, 0.6) is 0 Å². The molecule has 2 aromatic heterocycles. The Bertz CT molecular complexity index is 976. The van der Waals surface area contributed by atoms with Gasteiger partial charge in [0, 0.05) is 17.4 Å². The second-order valence-electron chi connectivity index (χ2n) is 6.42. The number of carbonyl (C=O) groups is 1. The summed E-state index contributed by atoms with van der Waals surface area (Å²) in [5.41, 5.74) is 6.98. The maximum absolute atomic E-state index is 12.2. The Balaban J connectivity index is 1.82. The van der Waals surface area contributed by atoms with Gasteiger partial charge in [0.05, 0.1) is 31.6 Å². The Morgan fingerprint density at radius 3 is 2.83 bits per heavy atom. The molecular formula is C20H23F2N5O2. The van der Waals surface area contributed by atoms with Crippen LogP contribution in [0.15, 0.2) is 48.8 Å². The van der Waals surface area contributed by atoms with Crippen LogP contribution in [0.25, 0.3) is 16.9 Å². The zero-order valence-corrected chi connectivity index (χ0v) is 16.2. The molecule has 2 amide bonds. The molecule has 0 aliphatic rings. The number of aromatic nitrogens is 2. The van der Waals surface area contributed by atoms with Crippen molar-refractivity contribution in [1.82, 2.24) is 20.2 Å². The number of anilines is 1. The van der Waals surface area contributed by atoms with Crippen LogP contribution in [0, 0.1) is 0 Å². The quantitative estimate of drug-likeness (QED) is 0.497. The average molecular weight is 403 g/mol. The number of alkyl halides is 2. The number of fused-ring (bicyclic) bond motifs is 1. The van der Waals surface area contributed by atoms with Gasteiger partial charge < -0.3 is 15.5 Å². The zero-order chi connectivity index (χ0) is 20.8. The van der Waals surface area contributed by atoms with Crippen LogP contribution in [0.4, 0.5) is 19.3 Å². The van der Waals surface area contributed by atoms with Gasteiger partial charge in [0.1, 0.15) is 5.65 Å². The number of hydrogen-bond donors (Lipinski definition) is 3. The van der Waals surface area contributed by atoms with Gasteiger partial charge in [-0.1, -0.05) is 19.1 Å². The molecule has 3 N–H and O–H groups in total. The summed E-state index contributed by atoms with van der Waals surface area (Å²) < 4.78 is 26.4. The number of carbonyl (C=O) groups excluding carboxylic acids is 1. The van der Waals surface area contributed by atoms with Crippen molar-refractivity contribution in [3.05, 3.63) is 54.4 Å². The molecule has 9 heteroatoms. The van der Waals surface area contributed by atoms with Crippen molar-refractivity contribution < 1.29 is 18.4 Å². The highest BCUT2D eigenvalue weighted by Crippen LogP contribution is 2.26. The summed E-state index contributed by atoms with van der Waals surface area (Å²) in [6, 6.07) is 10.5. The summed E-state index contributed by atoms with van der Waals surface area (Å²) in [5.74, 6) is 0. The molecule has 1 atom stereocenters. The van der Waals surface area contributed by atoms with Gasteiger partial charge in [-0.3, -0.25) is 4.40 Å². The van der Waals surface area contributed by atoms with E-state index in [0.29, 0.717) is 5.69 Å². The Morgan fingerprint density at radius 1 is 1.28 bits per heavy atom. The molecule has 0 spiro atoms. The molecule has 0 aliphatic heterocycles. The third-order valence-electron chi connectivity index (χ3n) is 4.44. The van der Waals surface area contributed by atoms with Crippen molar-refractivity contribution in [3.8, 4) is 11.3 Å². The number of imidazole rings is 1. The Labute approximate surface area is 167 Å². The number of urea groups is 1. The van der Waals surface area contributed by atoms with E-state index < -0.39 is 19.0 Å². The lowest BCUT2D eigenvalue weighted by molar-refractivity contribution is 0.0593. The van der Waals surface area contributed by atoms with Crippen molar-refractivity contribution in [2.45, 2.75) is 25.8 Å². The predicted molar refractivity (Wildman–Crippen MR) is 107 cm³/mol. The van der Waals surface area contributed by atoms with E-state index in [1.165, 1.54) is 0 Å². The van der Waals surface area contributed by atoms with E-state index in [0.717, 1.165) is 28.9 Å². The molecule has 3 rings (SSSR count). The first-order chi connectivity index (χ1) is 14.0. The van der Waals surface area contributed by atoms with E-state index in [2.05, 4.69) is 28.0 Å². The van der Waals surface area contributed by atoms with Crippen LogP contribution in [-0.4, -0.2) is 35.5 Å². The molecule has 0 aliphatic carbocycles. The molecule has 0 bridgehead atoms. The number of nitrogens with zero attached hydrogens (tertiary/aromatic N) is 2. The normalized spacial score (nSPS) is 12.3. The van der Waals surface area contributed by atoms with Gasteiger partial charge in [-0.25, -0.2) is 18.6 Å². The number of rotatable bonds is 8. The van der Waals surface area contributed by atoms with Crippen molar-refractivity contribution in [3.63, 3.8) is 0 Å². The lowest BCUT2D eigenvalue weighted by Gasteiger charge is -2.15. The monoisotopic (exact) mass is 403 g/mol. The lowest BCUT2D eigenvalue weighted by Crippen LogP contribution is -2.32. The smallest absolute Gasteiger partial charge is 0.319 e. The summed E-state index contributed by atoms with van der Waals surface area (Å²) >= 11 is 0. The first-order valence-electron chi connectivity index (χ1n) is 9.20. The minimum absolute atomic E-state index is 0.0597. The van der Waals surface area contributed by atoms with Crippen molar-refractivity contribution in [1.29, 1.82) is 0 Å². The molecule has 0 fully saturated rings. The molecule has 0 saturated carbocycles. The maximum Gasteiger partial charge on any atom is 0.319 e. The summed E-state index contributed by atoms with van der Waals surface area (Å²) in [5, 5.41) is 4.67. The minimum Gasteiger partial charge on any atom is -0.332 e. The van der Waals surface area contributed by atoms with Crippen molar-refractivity contribution in [2.24, 2.45) is 0 Å². The molecule has 1 unspecified atom stereocenters. The second-order valence-corrected chi connectivity index (χ2v) is 6.42. The molecule has 2 heterocycles. The number of benzene rings is 1. The van der Waals surface area contributed by atoms with Gasteiger partial charge in [-0.05, 0) is 36.2 Å². The van der Waals surface area contributed by atoms with Gasteiger partial charge in [0.15, 0.2) is 0 Å². The first kappa shape index (κ1) is 20.7. The molecule has 0 saturated heterocycles.